The predicted molar refractivity (Wildman–Crippen MR) is 159 cm³/mol. The van der Waals surface area contributed by atoms with Crippen molar-refractivity contribution in [2.24, 2.45) is 5.92 Å². The van der Waals surface area contributed by atoms with Gasteiger partial charge in [0.15, 0.2) is 6.23 Å². The normalized spacial score (nSPS) is 31.1. The second kappa shape index (κ2) is 13.2. The number of fused-ring (bicyclic) bond motifs is 1. The number of hydrogen-bond acceptors (Lipinski definition) is 9. The molecule has 7 atom stereocenters. The molecule has 4 heterocycles. The fraction of sp³-hybridized carbons (Fsp3) is 0.633. The van der Waals surface area contributed by atoms with Gasteiger partial charge in [0.25, 0.3) is 8.53 Å². The lowest BCUT2D eigenvalue weighted by Gasteiger charge is -2.29. The van der Waals surface area contributed by atoms with Gasteiger partial charge in [-0.25, -0.2) is 9.46 Å². The number of hydrogen-bond donors (Lipinski definition) is 1. The molecule has 3 fully saturated rings. The molecule has 0 spiro atoms. The first-order valence-corrected chi connectivity index (χ1v) is 16.0. The Balaban J connectivity index is 1.43. The smallest absolute Gasteiger partial charge is 0.351 e. The third-order valence-electron chi connectivity index (χ3n) is 8.36. The van der Waals surface area contributed by atoms with Crippen molar-refractivity contribution in [2.75, 3.05) is 32.2 Å². The van der Waals surface area contributed by atoms with Gasteiger partial charge in [-0.2, -0.15) is 4.98 Å². The van der Waals surface area contributed by atoms with E-state index < -0.39 is 38.3 Å². The Morgan fingerprint density at radius 3 is 2.69 bits per heavy atom. The van der Waals surface area contributed by atoms with Crippen LogP contribution in [0.2, 0.25) is 0 Å². The quantitative estimate of drug-likeness (QED) is 0.293. The summed E-state index contributed by atoms with van der Waals surface area (Å²) >= 11 is 0. The van der Waals surface area contributed by atoms with E-state index in [0.717, 1.165) is 24.9 Å². The van der Waals surface area contributed by atoms with Crippen LogP contribution in [0.1, 0.15) is 64.3 Å². The summed E-state index contributed by atoms with van der Waals surface area (Å²) in [5.41, 5.74) is 0.737. The van der Waals surface area contributed by atoms with Crippen LogP contribution in [-0.2, 0) is 33.7 Å². The van der Waals surface area contributed by atoms with E-state index in [1.807, 2.05) is 25.1 Å². The van der Waals surface area contributed by atoms with Crippen LogP contribution in [0.3, 0.4) is 0 Å². The molecule has 1 aromatic carbocycles. The van der Waals surface area contributed by atoms with Gasteiger partial charge in [0.05, 0.1) is 25.4 Å². The zero-order valence-corrected chi connectivity index (χ0v) is 26.2. The molecule has 3 aliphatic heterocycles. The molecule has 1 amide bonds. The number of ether oxygens (including phenoxy) is 3. The van der Waals surface area contributed by atoms with Crippen LogP contribution in [0, 0.1) is 12.8 Å². The minimum absolute atomic E-state index is 0.207. The fourth-order valence-corrected chi connectivity index (χ4v) is 8.10. The number of anilines is 1. The van der Waals surface area contributed by atoms with Crippen molar-refractivity contribution < 1.29 is 28.1 Å². The van der Waals surface area contributed by atoms with Gasteiger partial charge in [0.2, 0.25) is 5.91 Å². The van der Waals surface area contributed by atoms with Crippen molar-refractivity contribution in [3.8, 4) is 0 Å². The van der Waals surface area contributed by atoms with E-state index in [-0.39, 0.29) is 29.8 Å². The van der Waals surface area contributed by atoms with Crippen molar-refractivity contribution in [1.82, 2.24) is 14.2 Å². The second-order valence-corrected chi connectivity index (χ2v) is 13.0. The predicted octanol–water partition coefficient (Wildman–Crippen LogP) is 4.51. The summed E-state index contributed by atoms with van der Waals surface area (Å²) in [5, 5.41) is 2.74. The topological polar surface area (TPSA) is 113 Å². The Morgan fingerprint density at radius 1 is 1.24 bits per heavy atom. The highest BCUT2D eigenvalue weighted by Crippen LogP contribution is 2.64. The molecule has 1 N–H and O–H groups in total. The maximum Gasteiger partial charge on any atom is 0.351 e. The molecule has 3 aliphatic rings. The summed E-state index contributed by atoms with van der Waals surface area (Å²) in [7, 11) is 0.198. The maximum absolute atomic E-state index is 13.3. The number of amides is 1. The van der Waals surface area contributed by atoms with Crippen LogP contribution < -0.4 is 11.0 Å². The van der Waals surface area contributed by atoms with Gasteiger partial charge in [-0.15, -0.1) is 0 Å². The van der Waals surface area contributed by atoms with Gasteiger partial charge in [0.1, 0.15) is 23.6 Å². The summed E-state index contributed by atoms with van der Waals surface area (Å²) in [6.07, 6.45) is 2.19. The van der Waals surface area contributed by atoms with E-state index in [1.54, 1.807) is 34.1 Å². The van der Waals surface area contributed by atoms with Gasteiger partial charge < -0.3 is 28.6 Å². The van der Waals surface area contributed by atoms with Crippen LogP contribution in [0.5, 0.6) is 0 Å². The fourth-order valence-electron chi connectivity index (χ4n) is 5.95. The van der Waals surface area contributed by atoms with Crippen molar-refractivity contribution in [3.05, 3.63) is 58.1 Å². The molecule has 0 radical (unpaired) electrons. The van der Waals surface area contributed by atoms with Gasteiger partial charge in [-0.05, 0) is 38.7 Å². The summed E-state index contributed by atoms with van der Waals surface area (Å²) in [5.74, 6) is -0.207. The Morgan fingerprint density at radius 2 is 2.00 bits per heavy atom. The number of nitrogens with zero attached hydrogens (tertiary/aromatic N) is 3. The van der Waals surface area contributed by atoms with Crippen molar-refractivity contribution in [2.45, 2.75) is 90.1 Å². The number of nitrogens with one attached hydrogen (secondary N) is 1. The third kappa shape index (κ3) is 6.06. The molecule has 0 bridgehead atoms. The average molecular weight is 603 g/mol. The molecule has 2 aromatic rings. The van der Waals surface area contributed by atoms with Crippen LogP contribution in [0.15, 0.2) is 41.3 Å². The van der Waals surface area contributed by atoms with E-state index in [4.69, 9.17) is 23.3 Å². The Bertz CT molecular complexity index is 1290. The first-order valence-electron chi connectivity index (χ1n) is 14.8. The Labute approximate surface area is 248 Å². The minimum atomic E-state index is -1.42. The molecule has 12 heteroatoms. The standard InChI is InChI=1S/C30H43N4O7P/c1-7-22-24(40-42-34-15-11-14-23(34)30(5,41-42)21-12-9-8-10-13-21)25(38-17-16-37-6)28(39-22)33-18-20(4)26(32-29(33)36)31-27(35)19(2)3/h8-10,12-13,18-19,22-25,28H,7,11,14-17H2,1-6H3,(H,31,32,35,36)/t22-,23+,24?,25+,28-,30-,42+/m1/s1. The number of aromatic nitrogens is 2. The number of carbonyl (C=O) groups is 1. The molecular weight excluding hydrogens is 559 g/mol. The van der Waals surface area contributed by atoms with E-state index in [2.05, 4.69) is 34.0 Å². The molecular formula is C30H43N4O7P. The first-order chi connectivity index (χ1) is 20.2. The monoisotopic (exact) mass is 602 g/mol. The Hall–Kier alpha value is -2.24. The number of aryl methyl sites for hydroxylation is 1. The van der Waals surface area contributed by atoms with Gasteiger partial charge in [-0.3, -0.25) is 9.36 Å². The molecule has 0 saturated carbocycles. The lowest BCUT2D eigenvalue weighted by Crippen LogP contribution is -2.40. The molecule has 11 nitrogen and oxygen atoms in total. The molecule has 1 aromatic heterocycles. The molecule has 1 unspecified atom stereocenters. The first kappa shape index (κ1) is 31.2. The number of rotatable bonds is 11. The van der Waals surface area contributed by atoms with Crippen LogP contribution in [-0.4, -0.2) is 71.4 Å². The summed E-state index contributed by atoms with van der Waals surface area (Å²) in [6, 6.07) is 10.5. The molecule has 42 heavy (non-hydrogen) atoms. The number of carbonyl (C=O) groups excluding carboxylic acids is 1. The van der Waals surface area contributed by atoms with Crippen molar-refractivity contribution in [3.63, 3.8) is 0 Å². The number of benzene rings is 1. The molecule has 3 saturated heterocycles. The van der Waals surface area contributed by atoms with E-state index >= 15 is 0 Å². The second-order valence-electron chi connectivity index (χ2n) is 11.6. The van der Waals surface area contributed by atoms with Crippen molar-refractivity contribution >= 4 is 20.3 Å². The summed E-state index contributed by atoms with van der Waals surface area (Å²) in [4.78, 5) is 29.8. The lowest BCUT2D eigenvalue weighted by atomic mass is 9.87. The highest BCUT2D eigenvalue weighted by molar-refractivity contribution is 7.45. The van der Waals surface area contributed by atoms with Gasteiger partial charge in [0, 0.05) is 31.3 Å². The highest BCUT2D eigenvalue weighted by Gasteiger charge is 2.57. The van der Waals surface area contributed by atoms with Crippen LogP contribution in [0.4, 0.5) is 5.82 Å². The third-order valence-corrected chi connectivity index (χ3v) is 10.2. The summed E-state index contributed by atoms with van der Waals surface area (Å²) in [6.45, 7) is 11.1. The lowest BCUT2D eigenvalue weighted by molar-refractivity contribution is -0.118. The minimum Gasteiger partial charge on any atom is -0.382 e. The average Bonchev–Trinajstić information content (AvgIpc) is 3.67. The Kier molecular flexibility index (Phi) is 9.79. The molecule has 230 valence electrons. The van der Waals surface area contributed by atoms with E-state index in [1.165, 1.54) is 4.57 Å². The zero-order valence-electron chi connectivity index (χ0n) is 25.3. The summed E-state index contributed by atoms with van der Waals surface area (Å²) < 4.78 is 35.5. The van der Waals surface area contributed by atoms with Gasteiger partial charge >= 0.3 is 5.69 Å². The molecule has 5 rings (SSSR count). The SMILES string of the molecule is CC[C@H]1O[C@@H](n2cc(C)c(NC(=O)C(C)C)nc2=O)[C@@H](OCCOC)C1O[P@@]1O[C@](C)(c2ccccc2)[C@@H]2CCCN21. The van der Waals surface area contributed by atoms with Crippen LogP contribution >= 0.6 is 8.53 Å². The maximum atomic E-state index is 13.3. The molecule has 0 aliphatic carbocycles. The van der Waals surface area contributed by atoms with Crippen LogP contribution in [0.25, 0.3) is 0 Å². The van der Waals surface area contributed by atoms with Crippen molar-refractivity contribution in [1.29, 1.82) is 0 Å². The van der Waals surface area contributed by atoms with E-state index in [0.29, 0.717) is 25.2 Å². The highest BCUT2D eigenvalue weighted by atomic mass is 31.2. The largest absolute Gasteiger partial charge is 0.382 e. The van der Waals surface area contributed by atoms with Gasteiger partial charge in [-0.1, -0.05) is 51.1 Å². The van der Waals surface area contributed by atoms with E-state index in [9.17, 15) is 9.59 Å². The number of methoxy groups -OCH3 is 1. The zero-order chi connectivity index (χ0) is 30.0.